The number of ketones is 1. The van der Waals surface area contributed by atoms with Gasteiger partial charge in [-0.05, 0) is 54.1 Å². The van der Waals surface area contributed by atoms with E-state index in [4.69, 9.17) is 9.47 Å². The fraction of sp³-hybridized carbons (Fsp3) is 0.111. The Morgan fingerprint density at radius 1 is 1.12 bits per heavy atom. The van der Waals surface area contributed by atoms with E-state index in [2.05, 4.69) is 21.2 Å². The average molecular weight is 388 g/mol. The molecule has 1 heterocycles. The Hall–Kier alpha value is -2.60. The zero-order valence-electron chi connectivity index (χ0n) is 12.8. The minimum absolute atomic E-state index is 0.131. The van der Waals surface area contributed by atoms with Crippen molar-refractivity contribution in [3.05, 3.63) is 58.1 Å². The summed E-state index contributed by atoms with van der Waals surface area (Å²) in [6, 6.07) is 10.4. The van der Waals surface area contributed by atoms with E-state index in [0.29, 0.717) is 22.7 Å². The highest BCUT2D eigenvalue weighted by molar-refractivity contribution is 9.10. The van der Waals surface area contributed by atoms with Crippen LogP contribution < -0.4 is 14.8 Å². The largest absolute Gasteiger partial charge is 0.454 e. The molecule has 1 N–H and O–H groups in total. The van der Waals surface area contributed by atoms with E-state index < -0.39 is 0 Å². The van der Waals surface area contributed by atoms with Gasteiger partial charge in [-0.2, -0.15) is 0 Å². The fourth-order valence-corrected chi connectivity index (χ4v) is 2.70. The lowest BCUT2D eigenvalue weighted by Gasteiger charge is -2.03. The maximum Gasteiger partial charge on any atom is 0.231 e. The number of fused-ring (bicyclic) bond motifs is 1. The van der Waals surface area contributed by atoms with Crippen molar-refractivity contribution in [3.8, 4) is 11.5 Å². The maximum absolute atomic E-state index is 12.3. The van der Waals surface area contributed by atoms with Gasteiger partial charge in [0, 0.05) is 22.6 Å². The van der Waals surface area contributed by atoms with E-state index in [-0.39, 0.29) is 18.5 Å². The third kappa shape index (κ3) is 3.65. The predicted molar refractivity (Wildman–Crippen MR) is 94.4 cm³/mol. The summed E-state index contributed by atoms with van der Waals surface area (Å²) < 4.78 is 11.4. The highest BCUT2D eigenvalue weighted by Crippen LogP contribution is 2.37. The zero-order chi connectivity index (χ0) is 17.1. The minimum Gasteiger partial charge on any atom is -0.454 e. The number of carbonyl (C=O) groups is 2. The number of anilines is 1. The molecule has 2 aromatic carbocycles. The number of hydrogen-bond donors (Lipinski definition) is 1. The van der Waals surface area contributed by atoms with Gasteiger partial charge >= 0.3 is 0 Å². The summed E-state index contributed by atoms with van der Waals surface area (Å²) in [4.78, 5) is 23.2. The quantitative estimate of drug-likeness (QED) is 0.635. The van der Waals surface area contributed by atoms with Gasteiger partial charge in [-0.25, -0.2) is 0 Å². The molecule has 0 saturated heterocycles. The Morgan fingerprint density at radius 2 is 1.79 bits per heavy atom. The normalized spacial score (nSPS) is 12.4. The van der Waals surface area contributed by atoms with Gasteiger partial charge in [-0.15, -0.1) is 0 Å². The van der Waals surface area contributed by atoms with E-state index in [1.165, 1.54) is 13.0 Å². The molecule has 24 heavy (non-hydrogen) atoms. The summed E-state index contributed by atoms with van der Waals surface area (Å²) in [7, 11) is 0. The third-order valence-corrected chi connectivity index (χ3v) is 4.08. The van der Waals surface area contributed by atoms with Gasteiger partial charge in [0.05, 0.1) is 0 Å². The van der Waals surface area contributed by atoms with Gasteiger partial charge < -0.3 is 14.8 Å². The Labute approximate surface area is 147 Å². The van der Waals surface area contributed by atoms with Crippen LogP contribution in [0.3, 0.4) is 0 Å². The van der Waals surface area contributed by atoms with Crippen LogP contribution >= 0.6 is 15.9 Å². The molecule has 2 aromatic rings. The molecule has 1 aliphatic rings. The molecule has 1 aliphatic heterocycles. The molecule has 0 unspecified atom stereocenters. The number of benzene rings is 2. The predicted octanol–water partition coefficient (Wildman–Crippen LogP) is 4.03. The molecule has 0 bridgehead atoms. The van der Waals surface area contributed by atoms with E-state index in [0.717, 1.165) is 10.0 Å². The summed E-state index contributed by atoms with van der Waals surface area (Å²) >= 11 is 3.45. The Bertz CT molecular complexity index is 828. The molecule has 122 valence electrons. The maximum atomic E-state index is 12.3. The van der Waals surface area contributed by atoms with E-state index in [9.17, 15) is 9.59 Å². The van der Waals surface area contributed by atoms with Gasteiger partial charge in [0.1, 0.15) is 0 Å². The highest BCUT2D eigenvalue weighted by Gasteiger charge is 2.15. The van der Waals surface area contributed by atoms with Gasteiger partial charge in [0.2, 0.25) is 12.7 Å². The lowest BCUT2D eigenvalue weighted by Crippen LogP contribution is -2.05. The number of carbonyl (C=O) groups excluding carboxylic acids is 2. The number of allylic oxidation sites excluding steroid dienone is 1. The van der Waals surface area contributed by atoms with Crippen LogP contribution in [-0.2, 0) is 4.79 Å². The van der Waals surface area contributed by atoms with Crippen LogP contribution in [0.25, 0.3) is 6.08 Å². The molecular formula is C18H14BrNO4. The smallest absolute Gasteiger partial charge is 0.231 e. The average Bonchev–Trinajstić information content (AvgIpc) is 2.99. The zero-order valence-corrected chi connectivity index (χ0v) is 14.4. The molecule has 0 saturated carbocycles. The fourth-order valence-electron chi connectivity index (χ4n) is 2.24. The first kappa shape index (κ1) is 16.3. The van der Waals surface area contributed by atoms with Crippen molar-refractivity contribution < 1.29 is 19.1 Å². The van der Waals surface area contributed by atoms with Crippen LogP contribution in [-0.4, -0.2) is 18.5 Å². The summed E-state index contributed by atoms with van der Waals surface area (Å²) in [5.41, 5.74) is 2.02. The minimum atomic E-state index is -0.151. The number of halogens is 1. The number of ether oxygens (including phenoxy) is 2. The monoisotopic (exact) mass is 387 g/mol. The summed E-state index contributed by atoms with van der Waals surface area (Å²) in [5.74, 6) is 1.06. The molecule has 3 rings (SSSR count). The van der Waals surface area contributed by atoms with E-state index in [1.807, 2.05) is 12.1 Å². The number of nitrogens with one attached hydrogen (secondary N) is 1. The van der Waals surface area contributed by atoms with Crippen LogP contribution in [0.15, 0.2) is 46.9 Å². The second kappa shape index (κ2) is 6.88. The van der Waals surface area contributed by atoms with Crippen LogP contribution in [0.1, 0.15) is 22.8 Å². The second-order valence-electron chi connectivity index (χ2n) is 5.18. The second-order valence-corrected chi connectivity index (χ2v) is 6.04. The summed E-state index contributed by atoms with van der Waals surface area (Å²) in [6.07, 6.45) is 3.21. The molecule has 0 aromatic heterocycles. The molecule has 0 radical (unpaired) electrons. The van der Waals surface area contributed by atoms with Crippen LogP contribution in [0.2, 0.25) is 0 Å². The molecular weight excluding hydrogens is 374 g/mol. The topological polar surface area (TPSA) is 64.6 Å². The van der Waals surface area contributed by atoms with Gasteiger partial charge in [-0.1, -0.05) is 15.9 Å². The molecule has 0 atom stereocenters. The lowest BCUT2D eigenvalue weighted by atomic mass is 10.1. The van der Waals surface area contributed by atoms with Crippen LogP contribution in [0.4, 0.5) is 5.69 Å². The number of rotatable bonds is 4. The van der Waals surface area contributed by atoms with Gasteiger partial charge in [0.25, 0.3) is 0 Å². The van der Waals surface area contributed by atoms with Crippen LogP contribution in [0.5, 0.6) is 11.5 Å². The summed E-state index contributed by atoms with van der Waals surface area (Å²) in [5, 5.41) is 2.66. The Morgan fingerprint density at radius 3 is 2.46 bits per heavy atom. The van der Waals surface area contributed by atoms with Crippen LogP contribution in [0, 0.1) is 0 Å². The van der Waals surface area contributed by atoms with E-state index >= 15 is 0 Å². The molecule has 0 aliphatic carbocycles. The van der Waals surface area contributed by atoms with Crippen molar-refractivity contribution in [1.82, 2.24) is 0 Å². The Kier molecular flexibility index (Phi) is 4.66. The number of amides is 1. The van der Waals surface area contributed by atoms with Crippen molar-refractivity contribution in [2.24, 2.45) is 0 Å². The first-order chi connectivity index (χ1) is 11.5. The van der Waals surface area contributed by atoms with Crippen molar-refractivity contribution in [3.63, 3.8) is 0 Å². The number of hydrogen-bond acceptors (Lipinski definition) is 4. The van der Waals surface area contributed by atoms with Crippen molar-refractivity contribution in [2.45, 2.75) is 6.92 Å². The summed E-state index contributed by atoms with van der Waals surface area (Å²) in [6.45, 7) is 1.64. The van der Waals surface area contributed by atoms with Crippen molar-refractivity contribution in [2.75, 3.05) is 12.1 Å². The van der Waals surface area contributed by atoms with Gasteiger partial charge in [0.15, 0.2) is 17.3 Å². The highest BCUT2D eigenvalue weighted by atomic mass is 79.9. The molecule has 0 fully saturated rings. The van der Waals surface area contributed by atoms with Crippen molar-refractivity contribution in [1.29, 1.82) is 0 Å². The van der Waals surface area contributed by atoms with E-state index in [1.54, 1.807) is 30.3 Å². The molecule has 5 nitrogen and oxygen atoms in total. The third-order valence-electron chi connectivity index (χ3n) is 3.40. The molecule has 6 heteroatoms. The first-order valence-corrected chi connectivity index (χ1v) is 8.01. The lowest BCUT2D eigenvalue weighted by molar-refractivity contribution is -0.114. The SMILES string of the molecule is CC(=O)Nc1ccc(C(=O)C=Cc2cc3c(cc2Br)OCO3)cc1. The van der Waals surface area contributed by atoms with Crippen molar-refractivity contribution >= 4 is 39.4 Å². The van der Waals surface area contributed by atoms with Gasteiger partial charge in [-0.3, -0.25) is 9.59 Å². The standard InChI is InChI=1S/C18H14BrNO4/c1-11(21)20-14-5-2-12(3-6-14)16(22)7-4-13-8-17-18(9-15(13)19)24-10-23-17/h2-9H,10H2,1H3,(H,20,21). The Balaban J connectivity index is 1.75. The first-order valence-electron chi connectivity index (χ1n) is 7.22. The molecule has 0 spiro atoms. The molecule has 1 amide bonds.